The average Bonchev–Trinajstić information content (AvgIpc) is 3.16. The summed E-state index contributed by atoms with van der Waals surface area (Å²) < 4.78 is 10.4. The molecule has 2 aliphatic rings. The van der Waals surface area contributed by atoms with Crippen LogP contribution in [-0.2, 0) is 11.3 Å². The molecule has 0 bridgehead atoms. The SMILES string of the molecule is I.NC(=NCc1nc(C2CC2)no1)N1CCOCC1. The summed E-state index contributed by atoms with van der Waals surface area (Å²) in [7, 11) is 0. The molecule has 2 fully saturated rings. The van der Waals surface area contributed by atoms with E-state index in [1.54, 1.807) is 0 Å². The van der Waals surface area contributed by atoms with E-state index in [1.807, 2.05) is 4.90 Å². The van der Waals surface area contributed by atoms with E-state index in [1.165, 1.54) is 0 Å². The predicted octanol–water partition coefficient (Wildman–Crippen LogP) is 0.712. The Labute approximate surface area is 128 Å². The highest BCUT2D eigenvalue weighted by Crippen LogP contribution is 2.38. The molecule has 3 rings (SSSR count). The van der Waals surface area contributed by atoms with E-state index in [2.05, 4.69) is 15.1 Å². The Balaban J connectivity index is 0.00000133. The third-order valence-electron chi connectivity index (χ3n) is 3.14. The fraction of sp³-hybridized carbons (Fsp3) is 0.727. The highest BCUT2D eigenvalue weighted by molar-refractivity contribution is 14.0. The molecule has 0 amide bonds. The Morgan fingerprint density at radius 2 is 2.11 bits per heavy atom. The molecule has 0 atom stereocenters. The van der Waals surface area contributed by atoms with Crippen molar-refractivity contribution in [1.29, 1.82) is 0 Å². The van der Waals surface area contributed by atoms with Gasteiger partial charge < -0.3 is 19.9 Å². The maximum Gasteiger partial charge on any atom is 0.248 e. The predicted molar refractivity (Wildman–Crippen MR) is 79.4 cm³/mol. The lowest BCUT2D eigenvalue weighted by atomic mass is 10.4. The molecule has 0 radical (unpaired) electrons. The van der Waals surface area contributed by atoms with Gasteiger partial charge in [-0.3, -0.25) is 0 Å². The minimum atomic E-state index is 0. The van der Waals surface area contributed by atoms with Crippen LogP contribution in [0, 0.1) is 0 Å². The van der Waals surface area contributed by atoms with E-state index >= 15 is 0 Å². The molecule has 0 spiro atoms. The fourth-order valence-corrected chi connectivity index (χ4v) is 1.88. The van der Waals surface area contributed by atoms with Gasteiger partial charge in [0, 0.05) is 19.0 Å². The van der Waals surface area contributed by atoms with Crippen molar-refractivity contribution in [3.63, 3.8) is 0 Å². The third kappa shape index (κ3) is 3.78. The number of aliphatic imine (C=N–C) groups is 1. The van der Waals surface area contributed by atoms with Gasteiger partial charge in [0.05, 0.1) is 13.2 Å². The number of halogens is 1. The van der Waals surface area contributed by atoms with Crippen LogP contribution < -0.4 is 5.73 Å². The first kappa shape index (κ1) is 14.5. The standard InChI is InChI=1S/C11H17N5O2.HI/c12-11(16-3-5-17-6-4-16)13-7-9-14-10(15-18-9)8-1-2-8;/h8H,1-7H2,(H2,12,13);1H. The summed E-state index contributed by atoms with van der Waals surface area (Å²) >= 11 is 0. The highest BCUT2D eigenvalue weighted by atomic mass is 127. The summed E-state index contributed by atoms with van der Waals surface area (Å²) in [4.78, 5) is 10.6. The van der Waals surface area contributed by atoms with Crippen LogP contribution in [0.4, 0.5) is 0 Å². The lowest BCUT2D eigenvalue weighted by Gasteiger charge is -2.27. The normalized spacial score (nSPS) is 20.2. The van der Waals surface area contributed by atoms with Gasteiger partial charge in [-0.15, -0.1) is 24.0 Å². The third-order valence-corrected chi connectivity index (χ3v) is 3.14. The maximum absolute atomic E-state index is 5.91. The molecule has 8 heteroatoms. The Morgan fingerprint density at radius 3 is 2.79 bits per heavy atom. The lowest BCUT2D eigenvalue weighted by Crippen LogP contribution is -2.44. The highest BCUT2D eigenvalue weighted by Gasteiger charge is 2.28. The molecule has 7 nitrogen and oxygen atoms in total. The second kappa shape index (κ2) is 6.51. The minimum absolute atomic E-state index is 0. The molecule has 19 heavy (non-hydrogen) atoms. The first-order valence-corrected chi connectivity index (χ1v) is 6.28. The molecule has 1 saturated heterocycles. The van der Waals surface area contributed by atoms with E-state index < -0.39 is 0 Å². The number of morpholine rings is 1. The largest absolute Gasteiger partial charge is 0.378 e. The monoisotopic (exact) mass is 379 g/mol. The summed E-state index contributed by atoms with van der Waals surface area (Å²) in [5.41, 5.74) is 5.91. The van der Waals surface area contributed by atoms with Crippen LogP contribution in [0.5, 0.6) is 0 Å². The van der Waals surface area contributed by atoms with Crippen LogP contribution in [0.25, 0.3) is 0 Å². The fourth-order valence-electron chi connectivity index (χ4n) is 1.88. The van der Waals surface area contributed by atoms with Gasteiger partial charge in [-0.1, -0.05) is 5.16 Å². The molecule has 0 unspecified atom stereocenters. The molecule has 1 aliphatic heterocycles. The first-order chi connectivity index (χ1) is 8.83. The van der Waals surface area contributed by atoms with Crippen LogP contribution in [-0.4, -0.2) is 47.3 Å². The van der Waals surface area contributed by atoms with Crippen molar-refractivity contribution < 1.29 is 9.26 Å². The van der Waals surface area contributed by atoms with Crippen molar-refractivity contribution in [2.24, 2.45) is 10.7 Å². The number of hydrogen-bond acceptors (Lipinski definition) is 5. The van der Waals surface area contributed by atoms with E-state index in [9.17, 15) is 0 Å². The van der Waals surface area contributed by atoms with Crippen molar-refractivity contribution in [2.45, 2.75) is 25.3 Å². The molecule has 1 aromatic heterocycles. The minimum Gasteiger partial charge on any atom is -0.378 e. The first-order valence-electron chi connectivity index (χ1n) is 6.28. The van der Waals surface area contributed by atoms with Crippen molar-refractivity contribution >= 4 is 29.9 Å². The quantitative estimate of drug-likeness (QED) is 0.473. The van der Waals surface area contributed by atoms with Crippen molar-refractivity contribution in [3.8, 4) is 0 Å². The summed E-state index contributed by atoms with van der Waals surface area (Å²) in [6.45, 7) is 3.31. The van der Waals surface area contributed by atoms with Gasteiger partial charge in [0.15, 0.2) is 11.8 Å². The van der Waals surface area contributed by atoms with E-state index in [4.69, 9.17) is 15.0 Å². The number of rotatable bonds is 3. The molecular weight excluding hydrogens is 361 g/mol. The van der Waals surface area contributed by atoms with Crippen LogP contribution in [0.1, 0.15) is 30.5 Å². The Hall–Kier alpha value is -0.900. The van der Waals surface area contributed by atoms with Gasteiger partial charge in [-0.2, -0.15) is 4.98 Å². The van der Waals surface area contributed by atoms with Gasteiger partial charge in [0.25, 0.3) is 0 Å². The Bertz CT molecular complexity index is 440. The van der Waals surface area contributed by atoms with Crippen molar-refractivity contribution in [2.75, 3.05) is 26.3 Å². The zero-order chi connectivity index (χ0) is 12.4. The van der Waals surface area contributed by atoms with Gasteiger partial charge in [-0.05, 0) is 12.8 Å². The second-order valence-electron chi connectivity index (χ2n) is 4.59. The zero-order valence-electron chi connectivity index (χ0n) is 10.6. The van der Waals surface area contributed by atoms with Crippen molar-refractivity contribution in [1.82, 2.24) is 15.0 Å². The van der Waals surface area contributed by atoms with Crippen molar-refractivity contribution in [3.05, 3.63) is 11.7 Å². The molecule has 106 valence electrons. The van der Waals surface area contributed by atoms with E-state index in [0.29, 0.717) is 37.5 Å². The molecule has 0 aromatic carbocycles. The van der Waals surface area contributed by atoms with Gasteiger partial charge >= 0.3 is 0 Å². The van der Waals surface area contributed by atoms with Gasteiger partial charge in [-0.25, -0.2) is 4.99 Å². The second-order valence-corrected chi connectivity index (χ2v) is 4.59. The van der Waals surface area contributed by atoms with Crippen LogP contribution in [0.2, 0.25) is 0 Å². The Morgan fingerprint density at radius 1 is 1.37 bits per heavy atom. The number of nitrogens with zero attached hydrogens (tertiary/aromatic N) is 4. The number of hydrogen-bond donors (Lipinski definition) is 1. The topological polar surface area (TPSA) is 89.8 Å². The van der Waals surface area contributed by atoms with Crippen LogP contribution in [0.3, 0.4) is 0 Å². The molecule has 2 N–H and O–H groups in total. The summed E-state index contributed by atoms with van der Waals surface area (Å²) in [6.07, 6.45) is 2.33. The lowest BCUT2D eigenvalue weighted by molar-refractivity contribution is 0.0674. The number of nitrogens with two attached hydrogens (primary N) is 1. The average molecular weight is 379 g/mol. The molecule has 1 saturated carbocycles. The number of aromatic nitrogens is 2. The van der Waals surface area contributed by atoms with E-state index in [0.717, 1.165) is 31.8 Å². The van der Waals surface area contributed by atoms with Gasteiger partial charge in [0.1, 0.15) is 6.54 Å². The zero-order valence-corrected chi connectivity index (χ0v) is 12.9. The van der Waals surface area contributed by atoms with Crippen LogP contribution in [0.15, 0.2) is 9.52 Å². The maximum atomic E-state index is 5.91. The molecular formula is C11H18IN5O2. The van der Waals surface area contributed by atoms with Gasteiger partial charge in [0.2, 0.25) is 5.89 Å². The van der Waals surface area contributed by atoms with Crippen LogP contribution >= 0.6 is 24.0 Å². The smallest absolute Gasteiger partial charge is 0.248 e. The number of ether oxygens (including phenoxy) is 1. The summed E-state index contributed by atoms with van der Waals surface area (Å²) in [5, 5.41) is 3.94. The molecule has 1 aliphatic carbocycles. The Kier molecular flexibility index (Phi) is 4.97. The molecule has 1 aromatic rings. The molecule has 2 heterocycles. The summed E-state index contributed by atoms with van der Waals surface area (Å²) in [6, 6.07) is 0. The summed E-state index contributed by atoms with van der Waals surface area (Å²) in [5.74, 6) is 2.37. The number of guanidine groups is 1. The van der Waals surface area contributed by atoms with E-state index in [-0.39, 0.29) is 24.0 Å².